The zero-order chi connectivity index (χ0) is 19.1. The fourth-order valence-electron chi connectivity index (χ4n) is 3.05. The molecular weight excluding hydrogens is 382 g/mol. The maximum absolute atomic E-state index is 13.0. The van der Waals surface area contributed by atoms with Crippen LogP contribution < -0.4 is 0 Å². The third kappa shape index (κ3) is 6.02. The van der Waals surface area contributed by atoms with Crippen LogP contribution in [0.5, 0.6) is 0 Å². The Labute approximate surface area is 170 Å². The fourth-order valence-corrected chi connectivity index (χ4v) is 3.05. The van der Waals surface area contributed by atoms with Crippen molar-refractivity contribution >= 4 is 24.0 Å². The predicted molar refractivity (Wildman–Crippen MR) is 109 cm³/mol. The lowest BCUT2D eigenvalue weighted by molar-refractivity contribution is -0.384. The van der Waals surface area contributed by atoms with Gasteiger partial charge in [0, 0.05) is 50.4 Å². The molecule has 0 bridgehead atoms. The number of morpholine rings is 1. The number of halogens is 1. The minimum atomic E-state index is -0.464. The van der Waals surface area contributed by atoms with E-state index in [-0.39, 0.29) is 24.0 Å². The normalized spacial score (nSPS) is 14.1. The van der Waals surface area contributed by atoms with Gasteiger partial charge in [-0.25, -0.2) is 0 Å². The summed E-state index contributed by atoms with van der Waals surface area (Å²) in [5.41, 5.74) is 1.49. The molecule has 0 saturated carbocycles. The second-order valence-electron chi connectivity index (χ2n) is 6.47. The van der Waals surface area contributed by atoms with Gasteiger partial charge in [0.1, 0.15) is 0 Å². The first-order chi connectivity index (χ1) is 13.1. The van der Waals surface area contributed by atoms with Gasteiger partial charge in [0.05, 0.1) is 18.1 Å². The van der Waals surface area contributed by atoms with Crippen LogP contribution in [0.2, 0.25) is 0 Å². The second-order valence-corrected chi connectivity index (χ2v) is 6.47. The van der Waals surface area contributed by atoms with Crippen molar-refractivity contribution < 1.29 is 14.5 Å². The Bertz CT molecular complexity index is 765. The van der Waals surface area contributed by atoms with Crippen molar-refractivity contribution in [2.75, 3.05) is 39.4 Å². The predicted octanol–water partition coefficient (Wildman–Crippen LogP) is 2.99. The molecule has 3 rings (SSSR count). The van der Waals surface area contributed by atoms with Crippen LogP contribution in [0.25, 0.3) is 0 Å². The van der Waals surface area contributed by atoms with Crippen LogP contribution in [0.4, 0.5) is 5.69 Å². The van der Waals surface area contributed by atoms with Crippen LogP contribution >= 0.6 is 12.4 Å². The summed E-state index contributed by atoms with van der Waals surface area (Å²) >= 11 is 0. The summed E-state index contributed by atoms with van der Waals surface area (Å²) in [4.78, 5) is 27.5. The topological polar surface area (TPSA) is 75.9 Å². The number of non-ortho nitro benzene ring substituents is 1. The first kappa shape index (κ1) is 21.8. The van der Waals surface area contributed by atoms with E-state index in [4.69, 9.17) is 4.74 Å². The van der Waals surface area contributed by atoms with Gasteiger partial charge in [-0.15, -0.1) is 12.4 Å². The Balaban J connectivity index is 0.00000280. The molecule has 7 nitrogen and oxygen atoms in total. The number of hydrogen-bond acceptors (Lipinski definition) is 5. The van der Waals surface area contributed by atoms with Crippen molar-refractivity contribution in [3.8, 4) is 0 Å². The Morgan fingerprint density at radius 3 is 2.32 bits per heavy atom. The van der Waals surface area contributed by atoms with Crippen LogP contribution in [0.3, 0.4) is 0 Å². The zero-order valence-corrected chi connectivity index (χ0v) is 16.3. The molecule has 1 amide bonds. The molecule has 0 atom stereocenters. The Hall–Kier alpha value is -2.48. The quantitative estimate of drug-likeness (QED) is 0.522. The van der Waals surface area contributed by atoms with E-state index >= 15 is 0 Å². The van der Waals surface area contributed by atoms with Gasteiger partial charge in [-0.2, -0.15) is 0 Å². The number of nitro groups is 1. The standard InChI is InChI=1S/C20H23N3O4.ClH/c24-20(18-6-8-19(9-7-18)23(25)26)22(16-17-4-2-1-3-5-17)11-10-21-12-14-27-15-13-21;/h1-9H,10-16H2;1H. The summed E-state index contributed by atoms with van der Waals surface area (Å²) in [6.07, 6.45) is 0. The molecule has 150 valence electrons. The molecule has 2 aromatic carbocycles. The highest BCUT2D eigenvalue weighted by Crippen LogP contribution is 2.15. The van der Waals surface area contributed by atoms with E-state index in [0.717, 1.165) is 38.4 Å². The lowest BCUT2D eigenvalue weighted by Crippen LogP contribution is -2.42. The molecule has 0 radical (unpaired) electrons. The van der Waals surface area contributed by atoms with E-state index < -0.39 is 4.92 Å². The van der Waals surface area contributed by atoms with E-state index in [2.05, 4.69) is 4.90 Å². The SMILES string of the molecule is Cl.O=C(c1ccc([N+](=O)[O-])cc1)N(CCN1CCOCC1)Cc1ccccc1. The summed E-state index contributed by atoms with van der Waals surface area (Å²) < 4.78 is 5.37. The van der Waals surface area contributed by atoms with Crippen molar-refractivity contribution in [3.05, 3.63) is 75.8 Å². The van der Waals surface area contributed by atoms with Crippen molar-refractivity contribution in [3.63, 3.8) is 0 Å². The monoisotopic (exact) mass is 405 g/mol. The molecule has 0 aliphatic carbocycles. The van der Waals surface area contributed by atoms with Crippen LogP contribution in [-0.4, -0.2) is 60.0 Å². The van der Waals surface area contributed by atoms with Crippen molar-refractivity contribution in [1.29, 1.82) is 0 Å². The van der Waals surface area contributed by atoms with Gasteiger partial charge in [0.15, 0.2) is 0 Å². The summed E-state index contributed by atoms with van der Waals surface area (Å²) in [5.74, 6) is -0.123. The number of nitrogens with zero attached hydrogens (tertiary/aromatic N) is 3. The lowest BCUT2D eigenvalue weighted by atomic mass is 10.1. The molecule has 8 heteroatoms. The maximum Gasteiger partial charge on any atom is 0.269 e. The first-order valence-corrected chi connectivity index (χ1v) is 9.01. The van der Waals surface area contributed by atoms with E-state index in [9.17, 15) is 14.9 Å². The van der Waals surface area contributed by atoms with Gasteiger partial charge in [0.2, 0.25) is 0 Å². The molecule has 28 heavy (non-hydrogen) atoms. The van der Waals surface area contributed by atoms with Crippen molar-refractivity contribution in [1.82, 2.24) is 9.80 Å². The minimum Gasteiger partial charge on any atom is -0.379 e. The third-order valence-corrected chi connectivity index (χ3v) is 4.62. The van der Waals surface area contributed by atoms with Gasteiger partial charge >= 0.3 is 0 Å². The molecule has 0 N–H and O–H groups in total. The number of amides is 1. The van der Waals surface area contributed by atoms with Crippen molar-refractivity contribution in [2.45, 2.75) is 6.54 Å². The molecule has 2 aromatic rings. The highest BCUT2D eigenvalue weighted by molar-refractivity contribution is 5.94. The summed E-state index contributed by atoms with van der Waals surface area (Å²) in [6.45, 7) is 5.03. The summed E-state index contributed by atoms with van der Waals surface area (Å²) in [5, 5.41) is 10.8. The number of hydrogen-bond donors (Lipinski definition) is 0. The van der Waals surface area contributed by atoms with E-state index in [1.54, 1.807) is 4.90 Å². The number of carbonyl (C=O) groups is 1. The number of carbonyl (C=O) groups excluding carboxylic acids is 1. The zero-order valence-electron chi connectivity index (χ0n) is 15.5. The van der Waals surface area contributed by atoms with E-state index in [1.165, 1.54) is 24.3 Å². The van der Waals surface area contributed by atoms with Crippen LogP contribution in [-0.2, 0) is 11.3 Å². The van der Waals surface area contributed by atoms with Gasteiger partial charge in [-0.1, -0.05) is 30.3 Å². The molecule has 1 fully saturated rings. The molecule has 1 aliphatic rings. The number of ether oxygens (including phenoxy) is 1. The highest BCUT2D eigenvalue weighted by atomic mass is 35.5. The number of rotatable bonds is 7. The largest absolute Gasteiger partial charge is 0.379 e. The first-order valence-electron chi connectivity index (χ1n) is 9.01. The lowest BCUT2D eigenvalue weighted by Gasteiger charge is -2.30. The van der Waals surface area contributed by atoms with E-state index in [1.807, 2.05) is 30.3 Å². The second kappa shape index (κ2) is 10.8. The third-order valence-electron chi connectivity index (χ3n) is 4.62. The molecule has 0 aromatic heterocycles. The molecule has 1 heterocycles. The minimum absolute atomic E-state index is 0. The number of benzene rings is 2. The average Bonchev–Trinajstić information content (AvgIpc) is 2.72. The van der Waals surface area contributed by atoms with Crippen molar-refractivity contribution in [2.24, 2.45) is 0 Å². The van der Waals surface area contributed by atoms with Crippen LogP contribution in [0, 0.1) is 10.1 Å². The van der Waals surface area contributed by atoms with Crippen LogP contribution in [0.1, 0.15) is 15.9 Å². The Morgan fingerprint density at radius 2 is 1.71 bits per heavy atom. The van der Waals surface area contributed by atoms with Gasteiger partial charge in [0.25, 0.3) is 11.6 Å². The van der Waals surface area contributed by atoms with Gasteiger partial charge < -0.3 is 9.64 Å². The molecule has 0 spiro atoms. The highest BCUT2D eigenvalue weighted by Gasteiger charge is 2.19. The molecular formula is C20H24ClN3O4. The maximum atomic E-state index is 13.0. The average molecular weight is 406 g/mol. The fraction of sp³-hybridized carbons (Fsp3) is 0.350. The molecule has 1 saturated heterocycles. The van der Waals surface area contributed by atoms with Crippen LogP contribution in [0.15, 0.2) is 54.6 Å². The Morgan fingerprint density at radius 1 is 1.07 bits per heavy atom. The summed E-state index contributed by atoms with van der Waals surface area (Å²) in [7, 11) is 0. The summed E-state index contributed by atoms with van der Waals surface area (Å²) in [6, 6.07) is 15.6. The number of nitro benzene ring substituents is 1. The van der Waals surface area contributed by atoms with Gasteiger partial charge in [-0.3, -0.25) is 19.8 Å². The van der Waals surface area contributed by atoms with E-state index in [0.29, 0.717) is 18.7 Å². The smallest absolute Gasteiger partial charge is 0.269 e. The molecule has 0 unspecified atom stereocenters. The van der Waals surface area contributed by atoms with Gasteiger partial charge in [-0.05, 0) is 17.7 Å². The molecule has 1 aliphatic heterocycles. The Kier molecular flexibility index (Phi) is 8.38.